The molecule has 0 saturated carbocycles. The first-order valence-electron chi connectivity index (χ1n) is 6.09. The zero-order valence-electron chi connectivity index (χ0n) is 11.1. The Hall–Kier alpha value is -1.72. The summed E-state index contributed by atoms with van der Waals surface area (Å²) in [5.41, 5.74) is 1.20. The van der Waals surface area contributed by atoms with Gasteiger partial charge in [-0.25, -0.2) is 4.79 Å². The van der Waals surface area contributed by atoms with Crippen molar-refractivity contribution in [3.05, 3.63) is 57.5 Å². The molecule has 0 saturated heterocycles. The Kier molecular flexibility index (Phi) is 5.09. The molecule has 110 valence electrons. The molecule has 0 aliphatic heterocycles. The topological polar surface area (TPSA) is 58.6 Å². The Morgan fingerprint density at radius 3 is 2.76 bits per heavy atom. The molecule has 0 aliphatic rings. The fraction of sp³-hybridized carbons (Fsp3) is 0.133. The number of halogens is 2. The third kappa shape index (κ3) is 3.89. The fourth-order valence-corrected chi connectivity index (χ4v) is 2.54. The summed E-state index contributed by atoms with van der Waals surface area (Å²) in [7, 11) is 1.56. The van der Waals surface area contributed by atoms with Crippen LogP contribution in [0.25, 0.3) is 0 Å². The lowest BCUT2D eigenvalue weighted by Crippen LogP contribution is -2.21. The predicted molar refractivity (Wildman–Crippen MR) is 86.1 cm³/mol. The summed E-state index contributed by atoms with van der Waals surface area (Å²) in [4.78, 5) is 11.6. The number of benzene rings is 2. The van der Waals surface area contributed by atoms with Crippen LogP contribution in [0.1, 0.15) is 11.6 Å². The maximum absolute atomic E-state index is 11.6. The predicted octanol–water partition coefficient (Wildman–Crippen LogP) is 4.35. The number of carboxylic acid groups (broad SMARTS) is 1. The van der Waals surface area contributed by atoms with Crippen LogP contribution in [0.2, 0.25) is 5.02 Å². The van der Waals surface area contributed by atoms with Gasteiger partial charge in [-0.3, -0.25) is 0 Å². The summed E-state index contributed by atoms with van der Waals surface area (Å²) in [6, 6.07) is 11.2. The van der Waals surface area contributed by atoms with Crippen molar-refractivity contribution in [2.24, 2.45) is 0 Å². The molecule has 2 rings (SSSR count). The third-order valence-corrected chi connectivity index (χ3v) is 3.85. The highest BCUT2D eigenvalue weighted by Crippen LogP contribution is 2.30. The van der Waals surface area contributed by atoms with E-state index in [1.165, 1.54) is 0 Å². The number of carboxylic acids is 1. The molecule has 2 aromatic carbocycles. The lowest BCUT2D eigenvalue weighted by atomic mass is 10.1. The molecule has 0 heterocycles. The van der Waals surface area contributed by atoms with Crippen LogP contribution in [0.4, 0.5) is 5.69 Å². The van der Waals surface area contributed by atoms with Crippen LogP contribution in [0.5, 0.6) is 5.75 Å². The van der Waals surface area contributed by atoms with Crippen molar-refractivity contribution in [2.75, 3.05) is 12.4 Å². The van der Waals surface area contributed by atoms with E-state index in [4.69, 9.17) is 16.3 Å². The summed E-state index contributed by atoms with van der Waals surface area (Å²) < 4.78 is 5.80. The van der Waals surface area contributed by atoms with Crippen LogP contribution in [0, 0.1) is 0 Å². The lowest BCUT2D eigenvalue weighted by molar-refractivity contribution is -0.138. The first-order chi connectivity index (χ1) is 10.0. The molecule has 0 bridgehead atoms. The average molecular weight is 371 g/mol. The van der Waals surface area contributed by atoms with Gasteiger partial charge in [-0.1, -0.05) is 33.6 Å². The van der Waals surface area contributed by atoms with Crippen molar-refractivity contribution in [3.8, 4) is 5.75 Å². The number of hydrogen-bond donors (Lipinski definition) is 2. The average Bonchev–Trinajstić information content (AvgIpc) is 2.47. The van der Waals surface area contributed by atoms with Gasteiger partial charge in [0.1, 0.15) is 5.75 Å². The van der Waals surface area contributed by atoms with Gasteiger partial charge in [0, 0.05) is 26.8 Å². The van der Waals surface area contributed by atoms with E-state index >= 15 is 0 Å². The Morgan fingerprint density at radius 2 is 2.10 bits per heavy atom. The number of nitrogens with one attached hydrogen (secondary N) is 1. The lowest BCUT2D eigenvalue weighted by Gasteiger charge is -2.18. The standard InChI is InChI=1S/C15H13BrClNO3/c1-21-11-4-2-3-10(8-11)18-14(15(19)20)12-7-9(17)5-6-13(12)16/h2-8,14,18H,1H3,(H,19,20). The molecule has 0 amide bonds. The minimum Gasteiger partial charge on any atom is -0.497 e. The van der Waals surface area contributed by atoms with Crippen LogP contribution in [-0.4, -0.2) is 18.2 Å². The van der Waals surface area contributed by atoms with Gasteiger partial charge in [-0.05, 0) is 30.3 Å². The van der Waals surface area contributed by atoms with Crippen molar-refractivity contribution in [2.45, 2.75) is 6.04 Å². The van der Waals surface area contributed by atoms with Crippen molar-refractivity contribution in [1.29, 1.82) is 0 Å². The number of aliphatic carboxylic acids is 1. The molecule has 6 heteroatoms. The second-order valence-electron chi connectivity index (χ2n) is 4.31. The SMILES string of the molecule is COc1cccc(NC(C(=O)O)c2cc(Cl)ccc2Br)c1. The highest BCUT2D eigenvalue weighted by Gasteiger charge is 2.22. The fourth-order valence-electron chi connectivity index (χ4n) is 1.89. The Labute approximate surface area is 135 Å². The van der Waals surface area contributed by atoms with Gasteiger partial charge in [-0.15, -0.1) is 0 Å². The summed E-state index contributed by atoms with van der Waals surface area (Å²) in [6.45, 7) is 0. The van der Waals surface area contributed by atoms with Crippen LogP contribution >= 0.6 is 27.5 Å². The number of hydrogen-bond acceptors (Lipinski definition) is 3. The zero-order chi connectivity index (χ0) is 15.4. The minimum absolute atomic E-state index is 0.479. The van der Waals surface area contributed by atoms with Crippen LogP contribution < -0.4 is 10.1 Å². The summed E-state index contributed by atoms with van der Waals surface area (Å²) in [6.07, 6.45) is 0. The smallest absolute Gasteiger partial charge is 0.330 e. The molecule has 1 atom stereocenters. The molecular weight excluding hydrogens is 358 g/mol. The first-order valence-corrected chi connectivity index (χ1v) is 7.26. The zero-order valence-corrected chi connectivity index (χ0v) is 13.5. The molecule has 4 nitrogen and oxygen atoms in total. The van der Waals surface area contributed by atoms with E-state index in [0.717, 1.165) is 0 Å². The van der Waals surface area contributed by atoms with Gasteiger partial charge in [-0.2, -0.15) is 0 Å². The number of rotatable bonds is 5. The highest BCUT2D eigenvalue weighted by molar-refractivity contribution is 9.10. The number of ether oxygens (including phenoxy) is 1. The summed E-state index contributed by atoms with van der Waals surface area (Å²) >= 11 is 9.31. The van der Waals surface area contributed by atoms with Gasteiger partial charge in [0.15, 0.2) is 6.04 Å². The summed E-state index contributed by atoms with van der Waals surface area (Å²) in [5.74, 6) is -0.352. The quantitative estimate of drug-likeness (QED) is 0.821. The van der Waals surface area contributed by atoms with Crippen molar-refractivity contribution >= 4 is 39.2 Å². The number of anilines is 1. The normalized spacial score (nSPS) is 11.8. The molecule has 0 aromatic heterocycles. The molecule has 0 spiro atoms. The second kappa shape index (κ2) is 6.83. The Morgan fingerprint density at radius 1 is 1.33 bits per heavy atom. The van der Waals surface area contributed by atoms with Crippen molar-refractivity contribution in [1.82, 2.24) is 0 Å². The summed E-state index contributed by atoms with van der Waals surface area (Å²) in [5, 5.41) is 12.9. The van der Waals surface area contributed by atoms with Gasteiger partial charge in [0.2, 0.25) is 0 Å². The van der Waals surface area contributed by atoms with E-state index in [0.29, 0.717) is 26.5 Å². The number of methoxy groups -OCH3 is 1. The second-order valence-corrected chi connectivity index (χ2v) is 5.60. The largest absolute Gasteiger partial charge is 0.497 e. The molecular formula is C15H13BrClNO3. The molecule has 2 N–H and O–H groups in total. The van der Waals surface area contributed by atoms with Crippen LogP contribution in [0.3, 0.4) is 0 Å². The van der Waals surface area contributed by atoms with E-state index in [1.54, 1.807) is 49.6 Å². The Bertz CT molecular complexity index is 663. The molecule has 0 radical (unpaired) electrons. The van der Waals surface area contributed by atoms with Gasteiger partial charge in [0.05, 0.1) is 7.11 Å². The van der Waals surface area contributed by atoms with Gasteiger partial charge >= 0.3 is 5.97 Å². The van der Waals surface area contributed by atoms with Crippen LogP contribution in [-0.2, 0) is 4.79 Å². The maximum Gasteiger partial charge on any atom is 0.330 e. The first kappa shape index (κ1) is 15.7. The molecule has 21 heavy (non-hydrogen) atoms. The minimum atomic E-state index is -0.999. The van der Waals surface area contributed by atoms with E-state index in [1.807, 2.05) is 0 Å². The Balaban J connectivity index is 2.35. The third-order valence-electron chi connectivity index (χ3n) is 2.90. The molecule has 0 fully saturated rings. The monoisotopic (exact) mass is 369 g/mol. The highest BCUT2D eigenvalue weighted by atomic mass is 79.9. The van der Waals surface area contributed by atoms with Gasteiger partial charge < -0.3 is 15.2 Å². The molecule has 1 unspecified atom stereocenters. The van der Waals surface area contributed by atoms with E-state index in [9.17, 15) is 9.90 Å². The van der Waals surface area contributed by atoms with Crippen molar-refractivity contribution < 1.29 is 14.6 Å². The van der Waals surface area contributed by atoms with E-state index < -0.39 is 12.0 Å². The van der Waals surface area contributed by atoms with Crippen molar-refractivity contribution in [3.63, 3.8) is 0 Å². The maximum atomic E-state index is 11.6. The molecule has 2 aromatic rings. The van der Waals surface area contributed by atoms with Gasteiger partial charge in [0.25, 0.3) is 0 Å². The van der Waals surface area contributed by atoms with Crippen LogP contribution in [0.15, 0.2) is 46.9 Å². The van der Waals surface area contributed by atoms with E-state index in [2.05, 4.69) is 21.2 Å². The number of carbonyl (C=O) groups is 1. The van der Waals surface area contributed by atoms with E-state index in [-0.39, 0.29) is 0 Å². The molecule has 0 aliphatic carbocycles.